The van der Waals surface area contributed by atoms with Gasteiger partial charge >= 0.3 is 5.97 Å². The van der Waals surface area contributed by atoms with Crippen molar-refractivity contribution in [1.82, 2.24) is 4.90 Å². The largest absolute Gasteiger partial charge is 0.481 e. The van der Waals surface area contributed by atoms with Gasteiger partial charge in [-0.2, -0.15) is 0 Å². The van der Waals surface area contributed by atoms with E-state index in [1.165, 1.54) is 0 Å². The van der Waals surface area contributed by atoms with E-state index in [4.69, 9.17) is 11.6 Å². The van der Waals surface area contributed by atoms with Gasteiger partial charge in [0.2, 0.25) is 5.91 Å². The second-order valence-electron chi connectivity index (χ2n) is 12.4. The van der Waals surface area contributed by atoms with Gasteiger partial charge in [0.1, 0.15) is 0 Å². The quantitative estimate of drug-likeness (QED) is 0.511. The number of allylic oxidation sites excluding steroid dienone is 1. The average Bonchev–Trinajstić information content (AvgIpc) is 2.64. The summed E-state index contributed by atoms with van der Waals surface area (Å²) in [5.41, 5.74) is 0.555. The number of hydrogen-bond acceptors (Lipinski definition) is 2. The first-order valence-corrected chi connectivity index (χ1v) is 12.5. The van der Waals surface area contributed by atoms with Crippen molar-refractivity contribution in [3.8, 4) is 0 Å². The molecule has 0 spiro atoms. The van der Waals surface area contributed by atoms with Gasteiger partial charge in [0, 0.05) is 35.9 Å². The van der Waals surface area contributed by atoms with E-state index >= 15 is 0 Å². The van der Waals surface area contributed by atoms with Gasteiger partial charge < -0.3 is 10.0 Å². The van der Waals surface area contributed by atoms with Gasteiger partial charge in [0.05, 0.1) is 11.0 Å². The average molecular weight is 492 g/mol. The van der Waals surface area contributed by atoms with E-state index in [0.717, 1.165) is 24.0 Å². The third-order valence-corrected chi connectivity index (χ3v) is 9.06. The molecule has 1 amide bonds. The fourth-order valence-electron chi connectivity index (χ4n) is 6.64. The highest BCUT2D eigenvalue weighted by atomic mass is 35.5. The Labute approximate surface area is 204 Å². The minimum atomic E-state index is -2.82. The molecule has 0 unspecified atom stereocenters. The number of hydrogen-bond donors (Lipinski definition) is 1. The number of amides is 1. The lowest BCUT2D eigenvalue weighted by Gasteiger charge is -2.71. The van der Waals surface area contributed by atoms with Gasteiger partial charge in [-0.15, -0.1) is 0 Å². The number of fused-ring (bicyclic) bond motifs is 1. The van der Waals surface area contributed by atoms with Crippen LogP contribution in [0.1, 0.15) is 83.3 Å². The fourth-order valence-corrected chi connectivity index (χ4v) is 6.92. The van der Waals surface area contributed by atoms with E-state index in [1.807, 2.05) is 18.2 Å². The molecule has 4 nitrogen and oxygen atoms in total. The highest BCUT2D eigenvalue weighted by Gasteiger charge is 2.75. The lowest BCUT2D eigenvalue weighted by atomic mass is 9.38. The molecular weight excluding hydrogens is 460 g/mol. The van der Waals surface area contributed by atoms with Gasteiger partial charge in [0.15, 0.2) is 0 Å². The number of carboxylic acid groups (broad SMARTS) is 1. The molecule has 184 valence electrons. The van der Waals surface area contributed by atoms with Crippen LogP contribution in [-0.2, 0) is 21.4 Å². The van der Waals surface area contributed by atoms with E-state index in [1.54, 1.807) is 11.1 Å². The second-order valence-corrected chi connectivity index (χ2v) is 12.8. The van der Waals surface area contributed by atoms with Crippen molar-refractivity contribution in [1.29, 1.82) is 0 Å². The minimum absolute atomic E-state index is 0.111. The van der Waals surface area contributed by atoms with Crippen LogP contribution in [0.15, 0.2) is 30.0 Å². The number of benzene rings is 1. The topological polar surface area (TPSA) is 57.6 Å². The van der Waals surface area contributed by atoms with E-state index in [0.29, 0.717) is 29.9 Å². The monoisotopic (exact) mass is 491 g/mol. The van der Waals surface area contributed by atoms with E-state index in [-0.39, 0.29) is 37.0 Å². The molecule has 2 bridgehead atoms. The summed E-state index contributed by atoms with van der Waals surface area (Å²) in [4.78, 5) is 26.5. The maximum Gasteiger partial charge on any atom is 0.309 e. The second kappa shape index (κ2) is 7.28. The molecule has 4 aliphatic carbocycles. The number of aliphatic carboxylic acids is 1. The Kier molecular flexibility index (Phi) is 5.09. The Balaban J connectivity index is 1.47. The van der Waals surface area contributed by atoms with Gasteiger partial charge in [-0.25, -0.2) is 8.78 Å². The third kappa shape index (κ3) is 3.59. The highest BCUT2D eigenvalue weighted by molar-refractivity contribution is 6.31. The van der Waals surface area contributed by atoms with Crippen molar-refractivity contribution in [2.45, 2.75) is 95.4 Å². The van der Waals surface area contributed by atoms with Crippen LogP contribution in [0.3, 0.4) is 0 Å². The molecule has 0 radical (unpaired) electrons. The summed E-state index contributed by atoms with van der Waals surface area (Å²) in [5.74, 6) is -3.76. The molecule has 1 N–H and O–H groups in total. The van der Waals surface area contributed by atoms with Gasteiger partial charge in [-0.05, 0) is 66.7 Å². The van der Waals surface area contributed by atoms with Crippen molar-refractivity contribution in [2.75, 3.05) is 0 Å². The van der Waals surface area contributed by atoms with Crippen LogP contribution in [-0.4, -0.2) is 33.3 Å². The molecule has 1 aromatic rings. The number of halogens is 3. The Bertz CT molecular complexity index is 1090. The molecule has 5 aliphatic rings. The van der Waals surface area contributed by atoms with Crippen LogP contribution in [0.25, 0.3) is 0 Å². The molecule has 0 aromatic heterocycles. The standard InChI is InChI=1S/C27H32ClF2NO3/c1-23(2,3)7-6-17-4-5-18(10-20(17)28)26-8-9-27(29,30)11-19(26)13-31(21(32)12-26)25-14-24(15-25,16-25)22(33)34/h4-5,10,13H,6-9,11-12,14-16H2,1-3H3,(H,33,34)/t24?,25?,26-/m0/s1. The van der Waals surface area contributed by atoms with Crippen molar-refractivity contribution in [3.05, 3.63) is 46.1 Å². The van der Waals surface area contributed by atoms with E-state index in [9.17, 15) is 23.5 Å². The predicted molar refractivity (Wildman–Crippen MR) is 126 cm³/mol. The van der Waals surface area contributed by atoms with Gasteiger partial charge in [-0.3, -0.25) is 9.59 Å². The maximum absolute atomic E-state index is 14.6. The minimum Gasteiger partial charge on any atom is -0.481 e. The lowest BCUT2D eigenvalue weighted by Crippen LogP contribution is -2.77. The predicted octanol–water partition coefficient (Wildman–Crippen LogP) is 6.50. The number of carboxylic acids is 1. The maximum atomic E-state index is 14.6. The molecule has 4 fully saturated rings. The smallest absolute Gasteiger partial charge is 0.309 e. The Morgan fingerprint density at radius 2 is 1.82 bits per heavy atom. The number of carbonyl (C=O) groups excluding carboxylic acids is 1. The Morgan fingerprint density at radius 3 is 2.41 bits per heavy atom. The Morgan fingerprint density at radius 1 is 1.15 bits per heavy atom. The van der Waals surface area contributed by atoms with Crippen molar-refractivity contribution >= 4 is 23.5 Å². The molecule has 1 aromatic carbocycles. The summed E-state index contributed by atoms with van der Waals surface area (Å²) in [6, 6.07) is 5.82. The summed E-state index contributed by atoms with van der Waals surface area (Å²) in [5, 5.41) is 10.1. The van der Waals surface area contributed by atoms with E-state index < -0.39 is 28.3 Å². The number of carbonyl (C=O) groups is 2. The number of rotatable bonds is 5. The number of aryl methyl sites for hydroxylation is 1. The molecule has 1 aliphatic heterocycles. The van der Waals surface area contributed by atoms with E-state index in [2.05, 4.69) is 20.8 Å². The molecule has 1 atom stereocenters. The number of alkyl halides is 2. The van der Waals surface area contributed by atoms with Crippen LogP contribution >= 0.6 is 11.6 Å². The van der Waals surface area contributed by atoms with Crippen molar-refractivity contribution in [2.24, 2.45) is 10.8 Å². The highest BCUT2D eigenvalue weighted by Crippen LogP contribution is 2.71. The van der Waals surface area contributed by atoms with Crippen LogP contribution in [0, 0.1) is 10.8 Å². The molecule has 0 saturated heterocycles. The van der Waals surface area contributed by atoms with Crippen molar-refractivity contribution < 1.29 is 23.5 Å². The summed E-state index contributed by atoms with van der Waals surface area (Å²) in [6.07, 6.45) is 4.32. The van der Waals surface area contributed by atoms with Crippen LogP contribution in [0.2, 0.25) is 5.02 Å². The number of nitrogens with zero attached hydrogens (tertiary/aromatic N) is 1. The first kappa shape index (κ1) is 23.8. The van der Waals surface area contributed by atoms with Crippen LogP contribution in [0.4, 0.5) is 8.78 Å². The molecule has 6 rings (SSSR count). The summed E-state index contributed by atoms with van der Waals surface area (Å²) >= 11 is 6.66. The zero-order chi connectivity index (χ0) is 24.7. The summed E-state index contributed by atoms with van der Waals surface area (Å²) in [6.45, 7) is 6.53. The lowest BCUT2D eigenvalue weighted by molar-refractivity contribution is -0.224. The summed E-state index contributed by atoms with van der Waals surface area (Å²) < 4.78 is 29.1. The normalized spacial score (nSPS) is 34.0. The first-order valence-electron chi connectivity index (χ1n) is 12.1. The SMILES string of the molecule is CC(C)(C)CCc1ccc([C@@]23CCC(F)(F)CC2=CN(C24CC(C(=O)O)(C2)C4)C(=O)C3)cc1Cl. The Hall–Kier alpha value is -1.95. The van der Waals surface area contributed by atoms with Crippen LogP contribution in [0.5, 0.6) is 0 Å². The summed E-state index contributed by atoms with van der Waals surface area (Å²) in [7, 11) is 0. The molecule has 34 heavy (non-hydrogen) atoms. The van der Waals surface area contributed by atoms with Gasteiger partial charge in [-0.1, -0.05) is 44.5 Å². The molecule has 4 saturated carbocycles. The molecule has 7 heteroatoms. The molecule has 1 heterocycles. The zero-order valence-electron chi connectivity index (χ0n) is 20.0. The van der Waals surface area contributed by atoms with Crippen LogP contribution < -0.4 is 0 Å². The van der Waals surface area contributed by atoms with Crippen molar-refractivity contribution in [3.63, 3.8) is 0 Å². The van der Waals surface area contributed by atoms with Gasteiger partial charge in [0.25, 0.3) is 5.92 Å². The molecular formula is C27H32ClF2NO3. The zero-order valence-corrected chi connectivity index (χ0v) is 20.8. The fraction of sp³-hybridized carbons (Fsp3) is 0.630. The first-order chi connectivity index (χ1) is 15.7. The third-order valence-electron chi connectivity index (χ3n) is 8.70.